The van der Waals surface area contributed by atoms with Crippen molar-refractivity contribution < 1.29 is 4.74 Å². The minimum atomic E-state index is 0.328. The summed E-state index contributed by atoms with van der Waals surface area (Å²) in [6, 6.07) is 0. The van der Waals surface area contributed by atoms with Crippen molar-refractivity contribution in [2.75, 3.05) is 44.4 Å². The molecule has 1 fully saturated rings. The Labute approximate surface area is 107 Å². The second kappa shape index (κ2) is 5.97. The second-order valence-corrected chi connectivity index (χ2v) is 4.53. The van der Waals surface area contributed by atoms with Gasteiger partial charge in [0.2, 0.25) is 5.95 Å². The van der Waals surface area contributed by atoms with Crippen molar-refractivity contribution in [3.8, 4) is 0 Å². The molecular weight excluding hydrogens is 230 g/mol. The van der Waals surface area contributed by atoms with Crippen molar-refractivity contribution in [2.45, 2.75) is 19.3 Å². The molecule has 1 aliphatic heterocycles. The summed E-state index contributed by atoms with van der Waals surface area (Å²) in [6.07, 6.45) is 1.01. The zero-order valence-electron chi connectivity index (χ0n) is 11.0. The highest BCUT2D eigenvalue weighted by molar-refractivity contribution is 5.50. The number of hydrogen-bond donors (Lipinski definition) is 3. The predicted molar refractivity (Wildman–Crippen MR) is 71.8 cm³/mol. The molecule has 0 saturated carbocycles. The van der Waals surface area contributed by atoms with Crippen LogP contribution < -0.4 is 16.4 Å². The summed E-state index contributed by atoms with van der Waals surface area (Å²) < 4.78 is 5.41. The molecule has 1 aromatic rings. The molecule has 0 spiro atoms. The van der Waals surface area contributed by atoms with E-state index in [0.717, 1.165) is 49.8 Å². The molecule has 0 radical (unpaired) electrons. The van der Waals surface area contributed by atoms with Crippen molar-refractivity contribution in [3.05, 3.63) is 11.3 Å². The van der Waals surface area contributed by atoms with Gasteiger partial charge in [0.1, 0.15) is 5.82 Å². The Bertz CT molecular complexity index is 404. The van der Waals surface area contributed by atoms with Crippen molar-refractivity contribution in [3.63, 3.8) is 0 Å². The number of nitrogens with one attached hydrogen (secondary N) is 2. The number of aromatic nitrogens is 2. The fraction of sp³-hybridized carbons (Fsp3) is 0.667. The third-order valence-corrected chi connectivity index (χ3v) is 3.18. The Hall–Kier alpha value is -1.40. The molecule has 0 bridgehead atoms. The van der Waals surface area contributed by atoms with Gasteiger partial charge in [0.15, 0.2) is 0 Å². The molecule has 1 unspecified atom stereocenters. The van der Waals surface area contributed by atoms with Gasteiger partial charge in [-0.15, -0.1) is 0 Å². The largest absolute Gasteiger partial charge is 0.381 e. The van der Waals surface area contributed by atoms with Gasteiger partial charge in [-0.25, -0.2) is 4.98 Å². The summed E-state index contributed by atoms with van der Waals surface area (Å²) in [6.45, 7) is 5.26. The second-order valence-electron chi connectivity index (χ2n) is 4.53. The number of hydrogen-bond acceptors (Lipinski definition) is 6. The zero-order valence-corrected chi connectivity index (χ0v) is 11.0. The summed E-state index contributed by atoms with van der Waals surface area (Å²) in [5.74, 6) is 1.51. The van der Waals surface area contributed by atoms with E-state index in [4.69, 9.17) is 10.5 Å². The van der Waals surface area contributed by atoms with E-state index in [1.54, 1.807) is 0 Å². The van der Waals surface area contributed by atoms with E-state index in [2.05, 4.69) is 20.6 Å². The number of nitrogens with zero attached hydrogens (tertiary/aromatic N) is 2. The Balaban J connectivity index is 2.18. The Morgan fingerprint density at radius 1 is 1.39 bits per heavy atom. The fourth-order valence-corrected chi connectivity index (χ4v) is 2.18. The van der Waals surface area contributed by atoms with Crippen LogP contribution in [0.4, 0.5) is 11.8 Å². The predicted octanol–water partition coefficient (Wildman–Crippen LogP) is 0.502. The molecule has 4 N–H and O–H groups in total. The molecule has 0 amide bonds. The molecule has 0 aromatic carbocycles. The lowest BCUT2D eigenvalue weighted by molar-refractivity contribution is 0.193. The number of anilines is 2. The Morgan fingerprint density at radius 2 is 2.22 bits per heavy atom. The molecule has 1 saturated heterocycles. The van der Waals surface area contributed by atoms with Crippen molar-refractivity contribution in [2.24, 2.45) is 0 Å². The number of likely N-dealkylation sites (N-methyl/N-ethyl adjacent to an activating group) is 1. The van der Waals surface area contributed by atoms with Gasteiger partial charge in [-0.1, -0.05) is 0 Å². The number of rotatable bonds is 5. The zero-order chi connectivity index (χ0) is 13.0. The van der Waals surface area contributed by atoms with Crippen molar-refractivity contribution in [1.82, 2.24) is 15.3 Å². The van der Waals surface area contributed by atoms with Crippen LogP contribution in [0.15, 0.2) is 0 Å². The first kappa shape index (κ1) is 13.0. The highest BCUT2D eigenvalue weighted by Gasteiger charge is 2.23. The van der Waals surface area contributed by atoms with Gasteiger partial charge in [0.05, 0.1) is 12.3 Å². The van der Waals surface area contributed by atoms with Gasteiger partial charge in [-0.2, -0.15) is 4.98 Å². The van der Waals surface area contributed by atoms with E-state index in [9.17, 15) is 0 Å². The minimum Gasteiger partial charge on any atom is -0.381 e. The highest BCUT2D eigenvalue weighted by atomic mass is 16.5. The maximum atomic E-state index is 5.78. The van der Waals surface area contributed by atoms with Gasteiger partial charge in [-0.3, -0.25) is 0 Å². The van der Waals surface area contributed by atoms with Gasteiger partial charge < -0.3 is 21.1 Å². The molecule has 1 aromatic heterocycles. The van der Waals surface area contributed by atoms with Crippen molar-refractivity contribution in [1.29, 1.82) is 0 Å². The summed E-state index contributed by atoms with van der Waals surface area (Å²) in [5.41, 5.74) is 7.88. The van der Waals surface area contributed by atoms with Crippen LogP contribution >= 0.6 is 0 Å². The van der Waals surface area contributed by atoms with E-state index in [1.165, 1.54) is 0 Å². The number of ether oxygens (including phenoxy) is 1. The Kier molecular flexibility index (Phi) is 4.33. The first-order chi connectivity index (χ1) is 8.72. The van der Waals surface area contributed by atoms with Crippen LogP contribution in [0.25, 0.3) is 0 Å². The molecule has 1 aliphatic rings. The SMILES string of the molecule is CNCCNc1nc(N)nc(C2CCOC2)c1C. The molecule has 6 nitrogen and oxygen atoms in total. The Morgan fingerprint density at radius 3 is 2.89 bits per heavy atom. The normalized spacial score (nSPS) is 19.1. The molecular formula is C12H21N5O. The van der Waals surface area contributed by atoms with Crippen LogP contribution in [0.2, 0.25) is 0 Å². The lowest BCUT2D eigenvalue weighted by Crippen LogP contribution is -2.20. The molecule has 0 aliphatic carbocycles. The fourth-order valence-electron chi connectivity index (χ4n) is 2.18. The molecule has 100 valence electrons. The monoisotopic (exact) mass is 251 g/mol. The van der Waals surface area contributed by atoms with E-state index in [-0.39, 0.29) is 0 Å². The summed E-state index contributed by atoms with van der Waals surface area (Å²) in [7, 11) is 1.92. The average molecular weight is 251 g/mol. The van der Waals surface area contributed by atoms with Crippen LogP contribution in [0.1, 0.15) is 23.6 Å². The van der Waals surface area contributed by atoms with E-state index in [0.29, 0.717) is 11.9 Å². The summed E-state index contributed by atoms with van der Waals surface area (Å²) in [4.78, 5) is 8.64. The minimum absolute atomic E-state index is 0.328. The first-order valence-electron chi connectivity index (χ1n) is 6.32. The quantitative estimate of drug-likeness (QED) is 0.661. The summed E-state index contributed by atoms with van der Waals surface area (Å²) >= 11 is 0. The van der Waals surface area contributed by atoms with E-state index >= 15 is 0 Å². The average Bonchev–Trinajstić information content (AvgIpc) is 2.87. The third-order valence-electron chi connectivity index (χ3n) is 3.18. The van der Waals surface area contributed by atoms with E-state index in [1.807, 2.05) is 14.0 Å². The molecule has 2 rings (SSSR count). The van der Waals surface area contributed by atoms with Crippen LogP contribution in [0.5, 0.6) is 0 Å². The number of nitrogens with two attached hydrogens (primary N) is 1. The number of nitrogen functional groups attached to an aromatic ring is 1. The maximum Gasteiger partial charge on any atom is 0.222 e. The van der Waals surface area contributed by atoms with Gasteiger partial charge >= 0.3 is 0 Å². The lowest BCUT2D eigenvalue weighted by Gasteiger charge is -2.15. The smallest absolute Gasteiger partial charge is 0.222 e. The van der Waals surface area contributed by atoms with Gasteiger partial charge in [0, 0.05) is 31.2 Å². The topological polar surface area (TPSA) is 85.1 Å². The third kappa shape index (κ3) is 2.88. The van der Waals surface area contributed by atoms with E-state index < -0.39 is 0 Å². The first-order valence-corrected chi connectivity index (χ1v) is 6.32. The van der Waals surface area contributed by atoms with Crippen LogP contribution in [-0.2, 0) is 4.74 Å². The van der Waals surface area contributed by atoms with Crippen LogP contribution in [-0.4, -0.2) is 43.3 Å². The van der Waals surface area contributed by atoms with Crippen LogP contribution in [0, 0.1) is 6.92 Å². The lowest BCUT2D eigenvalue weighted by atomic mass is 10.0. The molecule has 6 heteroatoms. The van der Waals surface area contributed by atoms with Gasteiger partial charge in [-0.05, 0) is 20.4 Å². The van der Waals surface area contributed by atoms with Crippen molar-refractivity contribution >= 4 is 11.8 Å². The highest BCUT2D eigenvalue weighted by Crippen LogP contribution is 2.29. The summed E-state index contributed by atoms with van der Waals surface area (Å²) in [5, 5.41) is 6.37. The molecule has 2 heterocycles. The molecule has 1 atom stereocenters. The van der Waals surface area contributed by atoms with Gasteiger partial charge in [0.25, 0.3) is 0 Å². The van der Waals surface area contributed by atoms with Crippen LogP contribution in [0.3, 0.4) is 0 Å². The standard InChI is InChI=1S/C12H21N5O/c1-8-10(9-3-6-18-7-9)16-12(13)17-11(8)15-5-4-14-2/h9,14H,3-7H2,1-2H3,(H3,13,15,16,17). The maximum absolute atomic E-state index is 5.78. The molecule has 18 heavy (non-hydrogen) atoms.